The fraction of sp³-hybridized carbons (Fsp3) is 0.333. The maximum absolute atomic E-state index is 11.9. The summed E-state index contributed by atoms with van der Waals surface area (Å²) in [6.45, 7) is 3.55. The van der Waals surface area contributed by atoms with E-state index in [1.165, 1.54) is 0 Å². The van der Waals surface area contributed by atoms with Crippen molar-refractivity contribution < 1.29 is 26.7 Å². The predicted molar refractivity (Wildman–Crippen MR) is 143 cm³/mol. The van der Waals surface area contributed by atoms with Gasteiger partial charge in [-0.25, -0.2) is 9.98 Å². The molecule has 2 aromatic carbocycles. The monoisotopic (exact) mass is 597 g/mol. The number of amides is 2. The van der Waals surface area contributed by atoms with E-state index in [-0.39, 0.29) is 28.9 Å². The van der Waals surface area contributed by atoms with Crippen LogP contribution in [0.1, 0.15) is 46.4 Å². The molecule has 0 N–H and O–H groups in total. The smallest absolute Gasteiger partial charge is 0.742 e. The average molecular weight is 599 g/mol. The summed E-state index contributed by atoms with van der Waals surface area (Å²) >= 11 is 22.1. The molecule has 0 aliphatic carbocycles. The number of carbonyl (C=O) groups is 2. The topological polar surface area (TPSA) is 65.3 Å². The standard InChI is InChI=1S/2C12H13ClN2OS.Cu/c2*13-10-6-2-1-5-9(10)11(16)14-12(17)15-7-3-4-8-15;/h2*1-2,5-6H,3-4,7-8H2,(H,14,16,17);/q;;+2/p-2. The van der Waals surface area contributed by atoms with Crippen molar-refractivity contribution >= 4 is 70.6 Å². The van der Waals surface area contributed by atoms with Gasteiger partial charge in [-0.15, -0.1) is 0 Å². The Bertz CT molecular complexity index is 1000. The van der Waals surface area contributed by atoms with E-state index in [0.29, 0.717) is 31.5 Å². The molecule has 35 heavy (non-hydrogen) atoms. The molecule has 2 saturated heterocycles. The minimum absolute atomic E-state index is 0. The van der Waals surface area contributed by atoms with Crippen LogP contribution in [0.4, 0.5) is 0 Å². The molecular formula is C24H24Cl2CuN4O2S2. The maximum Gasteiger partial charge on any atom is 2.00 e. The molecule has 0 bridgehead atoms. The fourth-order valence-corrected chi connectivity index (χ4v) is 4.49. The number of aliphatic imine (C=N–C) groups is 2. The zero-order valence-corrected chi connectivity index (χ0v) is 22.8. The molecule has 11 heteroatoms. The SMILES string of the molecule is O=C(N=C([S-])N1CCCC1)c1ccccc1Cl.O=C(N=C([S-])N1CCCC1)c1ccccc1Cl.[Cu+2]. The Hall–Kier alpha value is -1.74. The quantitative estimate of drug-likeness (QED) is 0.211. The summed E-state index contributed by atoms with van der Waals surface area (Å²) in [6.07, 6.45) is 4.43. The first-order valence-corrected chi connectivity index (χ1v) is 12.5. The Morgan fingerprint density at radius 1 is 0.657 bits per heavy atom. The van der Waals surface area contributed by atoms with Crippen LogP contribution in [0, 0.1) is 0 Å². The molecule has 0 atom stereocenters. The Morgan fingerprint density at radius 3 is 1.29 bits per heavy atom. The third-order valence-corrected chi connectivity index (χ3v) is 6.71. The first-order chi connectivity index (χ1) is 16.4. The zero-order chi connectivity index (χ0) is 24.5. The summed E-state index contributed by atoms with van der Waals surface area (Å²) in [5.74, 6) is -0.736. The average Bonchev–Trinajstić information content (AvgIpc) is 3.54. The van der Waals surface area contributed by atoms with Crippen LogP contribution < -0.4 is 0 Å². The Morgan fingerprint density at radius 2 is 0.971 bits per heavy atom. The molecule has 6 nitrogen and oxygen atoms in total. The molecule has 189 valence electrons. The van der Waals surface area contributed by atoms with Gasteiger partial charge in [-0.1, -0.05) is 47.5 Å². The van der Waals surface area contributed by atoms with Crippen LogP contribution in [0.25, 0.3) is 0 Å². The molecule has 4 rings (SSSR count). The number of carbonyl (C=O) groups excluding carboxylic acids is 2. The normalized spacial score (nSPS) is 15.8. The van der Waals surface area contributed by atoms with Gasteiger partial charge in [0.25, 0.3) is 11.8 Å². The molecule has 0 spiro atoms. The third kappa shape index (κ3) is 8.70. The number of nitrogens with zero attached hydrogens (tertiary/aromatic N) is 4. The molecular weight excluding hydrogens is 575 g/mol. The van der Waals surface area contributed by atoms with Gasteiger partial charge in [0, 0.05) is 26.2 Å². The van der Waals surface area contributed by atoms with Crippen LogP contribution in [0.2, 0.25) is 10.0 Å². The van der Waals surface area contributed by atoms with E-state index in [9.17, 15) is 9.59 Å². The van der Waals surface area contributed by atoms with Gasteiger partial charge in [-0.3, -0.25) is 9.59 Å². The number of likely N-dealkylation sites (tertiary alicyclic amines) is 2. The van der Waals surface area contributed by atoms with Crippen molar-refractivity contribution in [3.05, 3.63) is 69.7 Å². The molecule has 2 fully saturated rings. The minimum atomic E-state index is -0.368. The van der Waals surface area contributed by atoms with Crippen molar-refractivity contribution in [2.45, 2.75) is 25.7 Å². The molecule has 0 saturated carbocycles. The number of hydrogen-bond acceptors (Lipinski definition) is 4. The summed E-state index contributed by atoms with van der Waals surface area (Å²) in [5, 5.41) is 1.55. The van der Waals surface area contributed by atoms with Gasteiger partial charge in [0.2, 0.25) is 0 Å². The number of amidine groups is 2. The van der Waals surface area contributed by atoms with Gasteiger partial charge in [-0.05, 0) is 60.3 Å². The van der Waals surface area contributed by atoms with Crippen LogP contribution in [-0.4, -0.2) is 58.1 Å². The van der Waals surface area contributed by atoms with Gasteiger partial charge in [-0.2, -0.15) is 0 Å². The van der Waals surface area contributed by atoms with Crippen LogP contribution in [0.3, 0.4) is 0 Å². The second-order valence-electron chi connectivity index (χ2n) is 7.75. The molecule has 2 amide bonds. The third-order valence-electron chi connectivity index (χ3n) is 5.36. The first-order valence-electron chi connectivity index (χ1n) is 11.0. The predicted octanol–water partition coefficient (Wildman–Crippen LogP) is 4.96. The molecule has 0 unspecified atom stereocenters. The number of rotatable bonds is 2. The van der Waals surface area contributed by atoms with E-state index in [1.807, 2.05) is 9.80 Å². The van der Waals surface area contributed by atoms with Gasteiger partial charge in [0.15, 0.2) is 0 Å². The summed E-state index contributed by atoms with van der Waals surface area (Å²) in [6, 6.07) is 13.7. The first kappa shape index (κ1) is 29.5. The summed E-state index contributed by atoms with van der Waals surface area (Å²) in [5.41, 5.74) is 0.798. The van der Waals surface area contributed by atoms with E-state index in [0.717, 1.165) is 51.9 Å². The van der Waals surface area contributed by atoms with Gasteiger partial charge in [0.1, 0.15) is 0 Å². The second kappa shape index (κ2) is 14.7. The van der Waals surface area contributed by atoms with Gasteiger partial charge < -0.3 is 35.1 Å². The summed E-state index contributed by atoms with van der Waals surface area (Å²) in [7, 11) is 0. The molecule has 2 aromatic rings. The molecule has 1 radical (unpaired) electrons. The van der Waals surface area contributed by atoms with Crippen molar-refractivity contribution in [3.8, 4) is 0 Å². The van der Waals surface area contributed by atoms with Gasteiger partial charge >= 0.3 is 17.1 Å². The van der Waals surface area contributed by atoms with E-state index >= 15 is 0 Å². The van der Waals surface area contributed by atoms with E-state index in [1.54, 1.807) is 48.5 Å². The zero-order valence-electron chi connectivity index (χ0n) is 18.8. The maximum atomic E-state index is 11.9. The van der Waals surface area contributed by atoms with E-state index in [2.05, 4.69) is 9.98 Å². The van der Waals surface area contributed by atoms with Crippen molar-refractivity contribution in [2.24, 2.45) is 9.98 Å². The molecule has 2 aliphatic rings. The Labute approximate surface area is 237 Å². The van der Waals surface area contributed by atoms with Crippen molar-refractivity contribution in [1.29, 1.82) is 0 Å². The Kier molecular flexibility index (Phi) is 12.4. The van der Waals surface area contributed by atoms with Crippen molar-refractivity contribution in [3.63, 3.8) is 0 Å². The molecule has 2 aliphatic heterocycles. The molecule has 0 aromatic heterocycles. The summed E-state index contributed by atoms with van der Waals surface area (Å²) in [4.78, 5) is 35.5. The van der Waals surface area contributed by atoms with Gasteiger partial charge in [0.05, 0.1) is 21.2 Å². The van der Waals surface area contributed by atoms with Crippen LogP contribution in [0.5, 0.6) is 0 Å². The number of hydrogen-bond donors (Lipinski definition) is 0. The van der Waals surface area contributed by atoms with Crippen LogP contribution >= 0.6 is 23.2 Å². The summed E-state index contributed by atoms with van der Waals surface area (Å²) < 4.78 is 0. The van der Waals surface area contributed by atoms with E-state index in [4.69, 9.17) is 48.5 Å². The van der Waals surface area contributed by atoms with E-state index < -0.39 is 0 Å². The molecule has 2 heterocycles. The Balaban J connectivity index is 0.000000240. The largest absolute Gasteiger partial charge is 2.00 e. The minimum Gasteiger partial charge on any atom is -0.742 e. The van der Waals surface area contributed by atoms with Crippen LogP contribution in [0.15, 0.2) is 58.5 Å². The van der Waals surface area contributed by atoms with Crippen LogP contribution in [-0.2, 0) is 42.3 Å². The number of benzene rings is 2. The van der Waals surface area contributed by atoms with Crippen molar-refractivity contribution in [1.82, 2.24) is 9.80 Å². The van der Waals surface area contributed by atoms with Crippen molar-refractivity contribution in [2.75, 3.05) is 26.2 Å². The fourth-order valence-electron chi connectivity index (χ4n) is 3.52. The number of halogens is 2. The second-order valence-corrected chi connectivity index (χ2v) is 9.29.